The Bertz CT molecular complexity index is 530. The number of likely N-dealkylation sites (N-methyl/N-ethyl adjacent to an activating group) is 1. The summed E-state index contributed by atoms with van der Waals surface area (Å²) in [5.41, 5.74) is 2.30. The number of carbonyl (C=O) groups is 2. The average molecular weight is 269 g/mol. The second-order valence-electron chi connectivity index (χ2n) is 4.31. The molecule has 1 amide bonds. The van der Waals surface area contributed by atoms with Crippen LogP contribution in [0.15, 0.2) is 12.1 Å². The first-order valence-electron chi connectivity index (χ1n) is 5.46. The fraction of sp³-hybridized carbons (Fsp3) is 0.333. The van der Waals surface area contributed by atoms with Crippen LogP contribution in [0.2, 0.25) is 5.02 Å². The minimum Gasteiger partial charge on any atom is -0.481 e. The van der Waals surface area contributed by atoms with Crippen molar-refractivity contribution in [3.8, 4) is 0 Å². The van der Waals surface area contributed by atoms with Gasteiger partial charge in [-0.2, -0.15) is 0 Å². The van der Waals surface area contributed by atoms with Crippen molar-refractivity contribution in [3.05, 3.63) is 22.7 Å². The Morgan fingerprint density at radius 1 is 1.56 bits per heavy atom. The van der Waals surface area contributed by atoms with Crippen LogP contribution in [0.3, 0.4) is 0 Å². The predicted molar refractivity (Wildman–Crippen MR) is 69.3 cm³/mol. The molecule has 1 aliphatic heterocycles. The third-order valence-corrected chi connectivity index (χ3v) is 3.16. The Balaban J connectivity index is 2.44. The number of hydrogen-bond acceptors (Lipinski definition) is 3. The Hall–Kier alpha value is -1.75. The number of nitrogens with one attached hydrogen (secondary N) is 1. The molecular weight excluding hydrogens is 256 g/mol. The number of amides is 1. The largest absolute Gasteiger partial charge is 0.481 e. The number of nitrogens with zero attached hydrogens (tertiary/aromatic N) is 1. The van der Waals surface area contributed by atoms with Gasteiger partial charge in [0.15, 0.2) is 0 Å². The van der Waals surface area contributed by atoms with Gasteiger partial charge in [-0.25, -0.2) is 0 Å². The van der Waals surface area contributed by atoms with Gasteiger partial charge in [0.2, 0.25) is 5.91 Å². The number of halogens is 1. The molecule has 0 radical (unpaired) electrons. The average Bonchev–Trinajstić information content (AvgIpc) is 2.23. The van der Waals surface area contributed by atoms with E-state index < -0.39 is 12.0 Å². The van der Waals surface area contributed by atoms with Gasteiger partial charge < -0.3 is 15.3 Å². The first-order chi connectivity index (χ1) is 8.40. The lowest BCUT2D eigenvalue weighted by Gasteiger charge is -2.33. The first kappa shape index (κ1) is 12.7. The smallest absolute Gasteiger partial charge is 0.305 e. The summed E-state index contributed by atoms with van der Waals surface area (Å²) >= 11 is 5.96. The number of aryl methyl sites for hydroxylation is 1. The normalized spacial score (nSPS) is 18.3. The molecule has 0 fully saturated rings. The topological polar surface area (TPSA) is 69.6 Å². The van der Waals surface area contributed by atoms with E-state index in [0.717, 1.165) is 11.3 Å². The zero-order valence-electron chi connectivity index (χ0n) is 10.0. The van der Waals surface area contributed by atoms with E-state index >= 15 is 0 Å². The SMILES string of the molecule is Cc1cc(Cl)cc2c1N(C)C(=O)C(CC(=O)O)N2. The number of carboxylic acids is 1. The number of rotatable bonds is 2. The van der Waals surface area contributed by atoms with E-state index in [-0.39, 0.29) is 12.3 Å². The summed E-state index contributed by atoms with van der Waals surface area (Å²) in [6.45, 7) is 1.85. The van der Waals surface area contributed by atoms with Gasteiger partial charge in [-0.15, -0.1) is 0 Å². The van der Waals surface area contributed by atoms with Crippen molar-refractivity contribution in [2.45, 2.75) is 19.4 Å². The van der Waals surface area contributed by atoms with Crippen LogP contribution in [0.25, 0.3) is 0 Å². The van der Waals surface area contributed by atoms with E-state index in [1.54, 1.807) is 19.2 Å². The Kier molecular flexibility index (Phi) is 3.17. The zero-order chi connectivity index (χ0) is 13.4. The molecule has 6 heteroatoms. The number of hydrogen-bond donors (Lipinski definition) is 2. The highest BCUT2D eigenvalue weighted by atomic mass is 35.5. The molecule has 0 aromatic heterocycles. The van der Waals surface area contributed by atoms with E-state index in [4.69, 9.17) is 16.7 Å². The van der Waals surface area contributed by atoms with E-state index in [1.807, 2.05) is 6.92 Å². The summed E-state index contributed by atoms with van der Waals surface area (Å²) in [5.74, 6) is -1.27. The van der Waals surface area contributed by atoms with E-state index in [0.29, 0.717) is 10.7 Å². The molecule has 1 unspecified atom stereocenters. The molecular formula is C12H13ClN2O3. The fourth-order valence-electron chi connectivity index (χ4n) is 2.20. The quantitative estimate of drug-likeness (QED) is 0.859. The number of aliphatic carboxylic acids is 1. The van der Waals surface area contributed by atoms with Crippen molar-refractivity contribution in [2.75, 3.05) is 17.3 Å². The molecule has 1 aromatic rings. The molecule has 0 aliphatic carbocycles. The summed E-state index contributed by atoms with van der Waals surface area (Å²) in [4.78, 5) is 24.2. The van der Waals surface area contributed by atoms with Crippen LogP contribution >= 0.6 is 11.6 Å². The molecule has 1 heterocycles. The van der Waals surface area contributed by atoms with Crippen molar-refractivity contribution in [3.63, 3.8) is 0 Å². The summed E-state index contributed by atoms with van der Waals surface area (Å²) in [7, 11) is 1.64. The van der Waals surface area contributed by atoms with E-state index in [9.17, 15) is 9.59 Å². The summed E-state index contributed by atoms with van der Waals surface area (Å²) in [5, 5.41) is 12.3. The molecule has 18 heavy (non-hydrogen) atoms. The van der Waals surface area contributed by atoms with Gasteiger partial charge in [0.05, 0.1) is 17.8 Å². The molecule has 0 spiro atoms. The van der Waals surface area contributed by atoms with E-state index in [1.165, 1.54) is 4.90 Å². The highest BCUT2D eigenvalue weighted by Gasteiger charge is 2.32. The standard InChI is InChI=1S/C12H13ClN2O3/c1-6-3-7(13)4-8-11(6)15(2)12(18)9(14-8)5-10(16)17/h3-4,9,14H,5H2,1-2H3,(H,16,17). The summed E-state index contributed by atoms with van der Waals surface area (Å²) < 4.78 is 0. The van der Waals surface area contributed by atoms with Crippen LogP contribution in [-0.4, -0.2) is 30.1 Å². The molecule has 2 N–H and O–H groups in total. The van der Waals surface area contributed by atoms with Gasteiger partial charge >= 0.3 is 5.97 Å². The highest BCUT2D eigenvalue weighted by Crippen LogP contribution is 2.36. The Morgan fingerprint density at radius 2 is 2.22 bits per heavy atom. The Morgan fingerprint density at radius 3 is 2.83 bits per heavy atom. The minimum absolute atomic E-state index is 0.254. The van der Waals surface area contributed by atoms with Gasteiger partial charge in [-0.3, -0.25) is 9.59 Å². The maximum Gasteiger partial charge on any atom is 0.305 e. The first-order valence-corrected chi connectivity index (χ1v) is 5.84. The molecule has 2 rings (SSSR count). The lowest BCUT2D eigenvalue weighted by molar-refractivity contribution is -0.138. The third kappa shape index (κ3) is 2.13. The molecule has 1 aromatic carbocycles. The number of benzene rings is 1. The monoisotopic (exact) mass is 268 g/mol. The number of carboxylic acid groups (broad SMARTS) is 1. The summed E-state index contributed by atoms with van der Waals surface area (Å²) in [6, 6.07) is 2.71. The Labute approximate surface area is 109 Å². The van der Waals surface area contributed by atoms with E-state index in [2.05, 4.69) is 5.32 Å². The maximum atomic E-state index is 12.0. The second kappa shape index (κ2) is 4.49. The number of anilines is 2. The summed E-state index contributed by atoms with van der Waals surface area (Å²) in [6.07, 6.45) is -0.256. The van der Waals surface area contributed by atoms with Crippen LogP contribution in [0.5, 0.6) is 0 Å². The van der Waals surface area contributed by atoms with Gasteiger partial charge in [0, 0.05) is 12.1 Å². The molecule has 1 atom stereocenters. The number of fused-ring (bicyclic) bond motifs is 1. The highest BCUT2D eigenvalue weighted by molar-refractivity contribution is 6.31. The van der Waals surface area contributed by atoms with Crippen molar-refractivity contribution in [1.82, 2.24) is 0 Å². The van der Waals surface area contributed by atoms with Crippen LogP contribution in [0, 0.1) is 6.92 Å². The van der Waals surface area contributed by atoms with Crippen molar-refractivity contribution in [1.29, 1.82) is 0 Å². The maximum absolute atomic E-state index is 12.0. The zero-order valence-corrected chi connectivity index (χ0v) is 10.8. The fourth-order valence-corrected chi connectivity index (χ4v) is 2.47. The molecule has 5 nitrogen and oxygen atoms in total. The van der Waals surface area contributed by atoms with Gasteiger partial charge in [0.1, 0.15) is 6.04 Å². The predicted octanol–water partition coefficient (Wildman–Crippen LogP) is 1.88. The lowest BCUT2D eigenvalue weighted by Crippen LogP contribution is -2.46. The van der Waals surface area contributed by atoms with Crippen molar-refractivity contribution < 1.29 is 14.7 Å². The lowest BCUT2D eigenvalue weighted by atomic mass is 10.0. The molecule has 0 saturated heterocycles. The molecule has 0 saturated carbocycles. The third-order valence-electron chi connectivity index (χ3n) is 2.94. The van der Waals surface area contributed by atoms with Gasteiger partial charge in [0.25, 0.3) is 0 Å². The van der Waals surface area contributed by atoms with Crippen molar-refractivity contribution >= 4 is 34.9 Å². The van der Waals surface area contributed by atoms with Crippen LogP contribution in [0.4, 0.5) is 11.4 Å². The van der Waals surface area contributed by atoms with Crippen LogP contribution in [-0.2, 0) is 9.59 Å². The minimum atomic E-state index is -1.02. The van der Waals surface area contributed by atoms with Gasteiger partial charge in [-0.05, 0) is 24.6 Å². The molecule has 0 bridgehead atoms. The van der Waals surface area contributed by atoms with Crippen molar-refractivity contribution in [2.24, 2.45) is 0 Å². The second-order valence-corrected chi connectivity index (χ2v) is 4.75. The van der Waals surface area contributed by atoms with Gasteiger partial charge in [-0.1, -0.05) is 11.6 Å². The molecule has 96 valence electrons. The number of carbonyl (C=O) groups excluding carboxylic acids is 1. The molecule has 1 aliphatic rings. The van der Waals surface area contributed by atoms with Crippen LogP contribution in [0.1, 0.15) is 12.0 Å². The van der Waals surface area contributed by atoms with Crippen LogP contribution < -0.4 is 10.2 Å².